The van der Waals surface area contributed by atoms with Crippen molar-refractivity contribution in [2.75, 3.05) is 53.4 Å². The topological polar surface area (TPSA) is 86.3 Å². The van der Waals surface area contributed by atoms with E-state index < -0.39 is 10.0 Å². The first-order valence-electron chi connectivity index (χ1n) is 9.83. The van der Waals surface area contributed by atoms with Gasteiger partial charge in [0.1, 0.15) is 0 Å². The van der Waals surface area contributed by atoms with Gasteiger partial charge in [0.05, 0.1) is 11.0 Å². The van der Waals surface area contributed by atoms with E-state index in [-0.39, 0.29) is 6.10 Å². The van der Waals surface area contributed by atoms with Crippen LogP contribution in [0, 0.1) is 0 Å². The predicted octanol–water partition coefficient (Wildman–Crippen LogP) is 0.467. The van der Waals surface area contributed by atoms with E-state index in [1.165, 1.54) is 0 Å². The molecule has 28 heavy (non-hydrogen) atoms. The first-order valence-corrected chi connectivity index (χ1v) is 11.3. The Morgan fingerprint density at radius 2 is 1.96 bits per heavy atom. The Balaban J connectivity index is 1.64. The van der Waals surface area contributed by atoms with Crippen molar-refractivity contribution in [2.45, 2.75) is 30.4 Å². The Bertz CT molecular complexity index is 770. The van der Waals surface area contributed by atoms with Crippen LogP contribution in [0.15, 0.2) is 34.2 Å². The van der Waals surface area contributed by atoms with E-state index >= 15 is 0 Å². The monoisotopic (exact) mass is 409 g/mol. The average Bonchev–Trinajstić information content (AvgIpc) is 3.22. The lowest BCUT2D eigenvalue weighted by Crippen LogP contribution is -2.47. The van der Waals surface area contributed by atoms with Crippen molar-refractivity contribution in [3.8, 4) is 0 Å². The number of guanidine groups is 1. The van der Waals surface area contributed by atoms with Crippen LogP contribution in [0.3, 0.4) is 0 Å². The average molecular weight is 410 g/mol. The van der Waals surface area contributed by atoms with E-state index in [0.717, 1.165) is 38.1 Å². The van der Waals surface area contributed by atoms with Crippen LogP contribution in [-0.4, -0.2) is 83.1 Å². The van der Waals surface area contributed by atoms with Crippen LogP contribution in [0.4, 0.5) is 0 Å². The Hall–Kier alpha value is -1.68. The molecule has 2 aliphatic rings. The van der Waals surface area contributed by atoms with Gasteiger partial charge in [0.25, 0.3) is 0 Å². The van der Waals surface area contributed by atoms with Crippen molar-refractivity contribution >= 4 is 16.0 Å². The number of ether oxygens (including phenoxy) is 1. The third kappa shape index (κ3) is 5.22. The highest BCUT2D eigenvalue weighted by Crippen LogP contribution is 2.21. The Morgan fingerprint density at radius 1 is 1.21 bits per heavy atom. The normalized spacial score (nSPS) is 22.4. The maximum atomic E-state index is 13.1. The Labute approximate surface area is 168 Å². The number of rotatable bonds is 6. The molecule has 1 aromatic rings. The summed E-state index contributed by atoms with van der Waals surface area (Å²) in [4.78, 5) is 6.73. The minimum Gasteiger partial charge on any atom is -0.376 e. The Kier molecular flexibility index (Phi) is 7.28. The lowest BCUT2D eigenvalue weighted by Gasteiger charge is -2.32. The van der Waals surface area contributed by atoms with Gasteiger partial charge < -0.3 is 20.3 Å². The number of nitrogens with one attached hydrogen (secondary N) is 2. The van der Waals surface area contributed by atoms with Crippen LogP contribution in [0.1, 0.15) is 18.4 Å². The quantitative estimate of drug-likeness (QED) is 0.525. The van der Waals surface area contributed by atoms with E-state index in [2.05, 4.69) is 20.5 Å². The summed E-state index contributed by atoms with van der Waals surface area (Å²) < 4.78 is 33.5. The molecule has 2 N–H and O–H groups in total. The van der Waals surface area contributed by atoms with Crippen LogP contribution in [0.5, 0.6) is 0 Å². The number of likely N-dealkylation sites (N-methyl/N-ethyl adjacent to an activating group) is 1. The molecule has 0 amide bonds. The van der Waals surface area contributed by atoms with Crippen molar-refractivity contribution in [3.63, 3.8) is 0 Å². The second-order valence-corrected chi connectivity index (χ2v) is 9.16. The second-order valence-electron chi connectivity index (χ2n) is 7.26. The first kappa shape index (κ1) is 21.0. The first-order chi connectivity index (χ1) is 13.5. The van der Waals surface area contributed by atoms with E-state index in [9.17, 15) is 8.42 Å². The number of hydrogen-bond donors (Lipinski definition) is 2. The molecule has 2 fully saturated rings. The lowest BCUT2D eigenvalue weighted by atomic mass is 10.2. The fourth-order valence-electron chi connectivity index (χ4n) is 3.48. The van der Waals surface area contributed by atoms with Crippen molar-refractivity contribution in [1.29, 1.82) is 0 Å². The smallest absolute Gasteiger partial charge is 0.243 e. The zero-order chi connectivity index (χ0) is 20.0. The van der Waals surface area contributed by atoms with Crippen LogP contribution in [-0.2, 0) is 21.3 Å². The molecular formula is C19H31N5O3S. The van der Waals surface area contributed by atoms with Gasteiger partial charge in [-0.3, -0.25) is 4.99 Å². The molecule has 0 spiro atoms. The Morgan fingerprint density at radius 3 is 2.64 bits per heavy atom. The number of hydrogen-bond acceptors (Lipinski definition) is 5. The molecule has 0 radical (unpaired) electrons. The van der Waals surface area contributed by atoms with Crippen LogP contribution in [0.25, 0.3) is 0 Å². The lowest BCUT2D eigenvalue weighted by molar-refractivity contribution is 0.114. The molecule has 0 aliphatic carbocycles. The highest BCUT2D eigenvalue weighted by Gasteiger charge is 2.29. The van der Waals surface area contributed by atoms with Gasteiger partial charge in [-0.2, -0.15) is 4.31 Å². The molecule has 2 saturated heterocycles. The number of piperazine rings is 1. The third-order valence-electron chi connectivity index (χ3n) is 5.24. The van der Waals surface area contributed by atoms with Crippen LogP contribution < -0.4 is 10.6 Å². The van der Waals surface area contributed by atoms with Gasteiger partial charge in [-0.15, -0.1) is 0 Å². The minimum atomic E-state index is -3.51. The number of sulfonamides is 1. The fraction of sp³-hybridized carbons (Fsp3) is 0.632. The second kappa shape index (κ2) is 9.69. The SMILES string of the molecule is CN=C(NCc1ccccc1S(=O)(=O)N1CCN(C)CC1)NCC1CCCO1. The number of nitrogens with zero attached hydrogens (tertiary/aromatic N) is 3. The van der Waals surface area contributed by atoms with E-state index in [4.69, 9.17) is 4.74 Å². The summed E-state index contributed by atoms with van der Waals surface area (Å²) in [7, 11) is 0.207. The largest absolute Gasteiger partial charge is 0.376 e. The van der Waals surface area contributed by atoms with Crippen LogP contribution >= 0.6 is 0 Å². The van der Waals surface area contributed by atoms with Gasteiger partial charge in [0, 0.05) is 52.9 Å². The summed E-state index contributed by atoms with van der Waals surface area (Å²) in [6.45, 7) is 4.43. The van der Waals surface area contributed by atoms with Gasteiger partial charge in [0.2, 0.25) is 10.0 Å². The van der Waals surface area contributed by atoms with Gasteiger partial charge in [-0.05, 0) is 31.5 Å². The van der Waals surface area contributed by atoms with Gasteiger partial charge in [-0.25, -0.2) is 8.42 Å². The van der Waals surface area contributed by atoms with Gasteiger partial charge in [0.15, 0.2) is 5.96 Å². The molecule has 0 aromatic heterocycles. The van der Waals surface area contributed by atoms with Gasteiger partial charge >= 0.3 is 0 Å². The molecular weight excluding hydrogens is 378 g/mol. The van der Waals surface area contributed by atoms with Crippen molar-refractivity contribution in [2.24, 2.45) is 4.99 Å². The predicted molar refractivity (Wildman–Crippen MR) is 110 cm³/mol. The molecule has 0 bridgehead atoms. The summed E-state index contributed by atoms with van der Waals surface area (Å²) in [5, 5.41) is 6.48. The molecule has 1 atom stereocenters. The zero-order valence-corrected chi connectivity index (χ0v) is 17.5. The summed E-state index contributed by atoms with van der Waals surface area (Å²) in [5.74, 6) is 0.641. The summed E-state index contributed by atoms with van der Waals surface area (Å²) >= 11 is 0. The van der Waals surface area contributed by atoms with E-state index in [1.807, 2.05) is 19.2 Å². The molecule has 0 saturated carbocycles. The summed E-state index contributed by atoms with van der Waals surface area (Å²) in [6, 6.07) is 7.18. The van der Waals surface area contributed by atoms with Crippen molar-refractivity contribution in [1.82, 2.24) is 19.8 Å². The third-order valence-corrected chi connectivity index (χ3v) is 7.24. The molecule has 156 valence electrons. The highest BCUT2D eigenvalue weighted by molar-refractivity contribution is 7.89. The minimum absolute atomic E-state index is 0.212. The molecule has 8 nitrogen and oxygen atoms in total. The van der Waals surface area contributed by atoms with Crippen molar-refractivity contribution < 1.29 is 13.2 Å². The molecule has 9 heteroatoms. The number of aliphatic imine (C=N–C) groups is 1. The molecule has 3 rings (SSSR count). The highest BCUT2D eigenvalue weighted by atomic mass is 32.2. The summed E-state index contributed by atoms with van der Waals surface area (Å²) in [5.41, 5.74) is 0.737. The molecule has 2 heterocycles. The summed E-state index contributed by atoms with van der Waals surface area (Å²) in [6.07, 6.45) is 2.36. The fourth-order valence-corrected chi connectivity index (χ4v) is 5.13. The number of benzene rings is 1. The molecule has 1 unspecified atom stereocenters. The maximum Gasteiger partial charge on any atom is 0.243 e. The van der Waals surface area contributed by atoms with Crippen molar-refractivity contribution in [3.05, 3.63) is 29.8 Å². The maximum absolute atomic E-state index is 13.1. The zero-order valence-electron chi connectivity index (χ0n) is 16.7. The molecule has 1 aromatic carbocycles. The molecule has 2 aliphatic heterocycles. The standard InChI is InChI=1S/C19H31N5O3S/c1-20-19(22-15-17-7-5-13-27-17)21-14-16-6-3-4-8-18(16)28(25,26)24-11-9-23(2)10-12-24/h3-4,6,8,17H,5,7,9-15H2,1-2H3,(H2,20,21,22). The van der Waals surface area contributed by atoms with Gasteiger partial charge in [-0.1, -0.05) is 18.2 Å². The van der Waals surface area contributed by atoms with E-state index in [1.54, 1.807) is 23.5 Å². The van der Waals surface area contributed by atoms with Crippen LogP contribution in [0.2, 0.25) is 0 Å². The van der Waals surface area contributed by atoms with E-state index in [0.29, 0.717) is 37.0 Å².